The van der Waals surface area contributed by atoms with Gasteiger partial charge in [-0.15, -0.1) is 0 Å². The predicted molar refractivity (Wildman–Crippen MR) is 121 cm³/mol. The van der Waals surface area contributed by atoms with Crippen molar-refractivity contribution >= 4 is 22.0 Å². The van der Waals surface area contributed by atoms with E-state index in [1.54, 1.807) is 6.20 Å². The third-order valence-electron chi connectivity index (χ3n) is 5.21. The smallest absolute Gasteiger partial charge is 0.126 e. The summed E-state index contributed by atoms with van der Waals surface area (Å²) in [5.41, 5.74) is 5.17. The van der Waals surface area contributed by atoms with Gasteiger partial charge in [0.25, 0.3) is 0 Å². The average molecular weight is 418 g/mol. The molecule has 4 rings (SSSR count). The fourth-order valence-electron chi connectivity index (χ4n) is 3.80. The maximum atomic E-state index is 14.0. The molecule has 0 fully saturated rings. The lowest BCUT2D eigenvalue weighted by Gasteiger charge is -2.17. The third kappa shape index (κ3) is 4.50. The minimum atomic E-state index is -0.589. The van der Waals surface area contributed by atoms with Crippen molar-refractivity contribution in [3.8, 4) is 5.75 Å². The van der Waals surface area contributed by atoms with E-state index in [-0.39, 0.29) is 0 Å². The van der Waals surface area contributed by atoms with Crippen LogP contribution in [-0.4, -0.2) is 16.8 Å². The monoisotopic (exact) mass is 418 g/mol. The average Bonchev–Trinajstić information content (AvgIpc) is 3.23. The van der Waals surface area contributed by atoms with E-state index in [9.17, 15) is 8.78 Å². The van der Waals surface area contributed by atoms with Crippen LogP contribution in [0, 0.1) is 11.6 Å². The number of aromatic nitrogens is 2. The van der Waals surface area contributed by atoms with Gasteiger partial charge in [0.2, 0.25) is 0 Å². The summed E-state index contributed by atoms with van der Waals surface area (Å²) < 4.78 is 33.8. The largest absolute Gasteiger partial charge is 0.494 e. The summed E-state index contributed by atoms with van der Waals surface area (Å²) in [4.78, 5) is 0. The summed E-state index contributed by atoms with van der Waals surface area (Å²) >= 11 is 0. The fraction of sp³-hybridized carbons (Fsp3) is 0.192. The molecule has 5 heteroatoms. The van der Waals surface area contributed by atoms with Crippen molar-refractivity contribution in [1.82, 2.24) is 10.2 Å². The zero-order valence-electron chi connectivity index (χ0n) is 17.6. The Bertz CT molecular complexity index is 1210. The van der Waals surface area contributed by atoms with Crippen molar-refractivity contribution < 1.29 is 13.5 Å². The SMILES string of the molecule is CCCOc1ccc(/C(=C(/CC)c2cc(F)cc(F)c2)c2ccc3[nH]ncc3c2)cc1. The summed E-state index contributed by atoms with van der Waals surface area (Å²) in [6.07, 6.45) is 3.31. The number of nitrogens with one attached hydrogen (secondary N) is 1. The van der Waals surface area contributed by atoms with Crippen LogP contribution in [0.2, 0.25) is 0 Å². The van der Waals surface area contributed by atoms with E-state index in [2.05, 4.69) is 17.1 Å². The minimum absolute atomic E-state index is 0.536. The molecule has 1 N–H and O–H groups in total. The third-order valence-corrected chi connectivity index (χ3v) is 5.21. The first kappa shape index (κ1) is 20.8. The zero-order valence-corrected chi connectivity index (χ0v) is 17.6. The molecule has 0 saturated carbocycles. The molecule has 0 aliphatic heterocycles. The predicted octanol–water partition coefficient (Wildman–Crippen LogP) is 7.00. The highest BCUT2D eigenvalue weighted by Crippen LogP contribution is 2.36. The van der Waals surface area contributed by atoms with Crippen molar-refractivity contribution in [1.29, 1.82) is 0 Å². The highest BCUT2D eigenvalue weighted by Gasteiger charge is 2.15. The Labute approximate surface area is 180 Å². The van der Waals surface area contributed by atoms with Gasteiger partial charge in [0, 0.05) is 11.5 Å². The van der Waals surface area contributed by atoms with Gasteiger partial charge in [0.05, 0.1) is 18.3 Å². The number of ether oxygens (including phenoxy) is 1. The minimum Gasteiger partial charge on any atom is -0.494 e. The number of allylic oxidation sites excluding steroid dienone is 1. The molecule has 0 saturated heterocycles. The molecule has 3 aromatic carbocycles. The van der Waals surface area contributed by atoms with Gasteiger partial charge in [0.1, 0.15) is 17.4 Å². The Morgan fingerprint density at radius 3 is 2.26 bits per heavy atom. The van der Waals surface area contributed by atoms with E-state index in [4.69, 9.17) is 4.74 Å². The van der Waals surface area contributed by atoms with Crippen LogP contribution in [0.1, 0.15) is 43.4 Å². The number of nitrogens with zero attached hydrogens (tertiary/aromatic N) is 1. The maximum Gasteiger partial charge on any atom is 0.126 e. The number of fused-ring (bicyclic) bond motifs is 1. The van der Waals surface area contributed by atoms with Gasteiger partial charge >= 0.3 is 0 Å². The Balaban J connectivity index is 1.92. The van der Waals surface area contributed by atoms with E-state index in [1.807, 2.05) is 49.4 Å². The molecule has 0 atom stereocenters. The van der Waals surface area contributed by atoms with Crippen molar-refractivity contribution in [2.45, 2.75) is 26.7 Å². The summed E-state index contributed by atoms with van der Waals surface area (Å²) in [6, 6.07) is 17.5. The van der Waals surface area contributed by atoms with Gasteiger partial charge in [-0.05, 0) is 77.1 Å². The number of rotatable bonds is 7. The van der Waals surface area contributed by atoms with E-state index >= 15 is 0 Å². The highest BCUT2D eigenvalue weighted by atomic mass is 19.1. The lowest BCUT2D eigenvalue weighted by Crippen LogP contribution is -1.98. The molecule has 0 aliphatic carbocycles. The molecule has 0 amide bonds. The highest BCUT2D eigenvalue weighted by molar-refractivity contribution is 6.00. The fourth-order valence-corrected chi connectivity index (χ4v) is 3.80. The molecule has 158 valence electrons. The molecule has 1 aromatic heterocycles. The molecule has 1 heterocycles. The molecular formula is C26H24F2N2O. The Kier molecular flexibility index (Phi) is 6.12. The standard InChI is InChI=1S/C26H24F2N2O/c1-3-11-31-23-8-5-17(6-9-23)26(18-7-10-25-20(12-18)16-29-30-25)24(4-2)19-13-21(27)15-22(28)14-19/h5-10,12-16H,3-4,11H2,1-2H3,(H,29,30)/b26-24+. The van der Waals surface area contributed by atoms with Crippen molar-refractivity contribution in [3.63, 3.8) is 0 Å². The van der Waals surface area contributed by atoms with Crippen LogP contribution in [0.4, 0.5) is 8.78 Å². The molecule has 0 bridgehead atoms. The first-order valence-electron chi connectivity index (χ1n) is 10.5. The number of hydrogen-bond acceptors (Lipinski definition) is 2. The Morgan fingerprint density at radius 1 is 0.871 bits per heavy atom. The second-order valence-corrected chi connectivity index (χ2v) is 7.41. The van der Waals surface area contributed by atoms with Crippen LogP contribution >= 0.6 is 0 Å². The van der Waals surface area contributed by atoms with Crippen molar-refractivity contribution in [2.24, 2.45) is 0 Å². The van der Waals surface area contributed by atoms with Crippen LogP contribution in [0.3, 0.4) is 0 Å². The van der Waals surface area contributed by atoms with Crippen LogP contribution in [0.5, 0.6) is 5.75 Å². The molecule has 0 radical (unpaired) electrons. The van der Waals surface area contributed by atoms with Gasteiger partial charge in [-0.1, -0.05) is 32.0 Å². The Hall–Kier alpha value is -3.47. The first-order valence-corrected chi connectivity index (χ1v) is 10.5. The summed E-state index contributed by atoms with van der Waals surface area (Å²) in [5.74, 6) is -0.382. The number of aromatic amines is 1. The molecule has 0 unspecified atom stereocenters. The van der Waals surface area contributed by atoms with E-state index in [0.29, 0.717) is 18.6 Å². The lowest BCUT2D eigenvalue weighted by molar-refractivity contribution is 0.317. The van der Waals surface area contributed by atoms with Gasteiger partial charge in [0.15, 0.2) is 0 Å². The van der Waals surface area contributed by atoms with Gasteiger partial charge in [-0.2, -0.15) is 5.10 Å². The quantitative estimate of drug-likeness (QED) is 0.328. The second-order valence-electron chi connectivity index (χ2n) is 7.41. The molecule has 4 aromatic rings. The summed E-state index contributed by atoms with van der Waals surface area (Å²) in [5, 5.41) is 8.04. The van der Waals surface area contributed by atoms with E-state index in [0.717, 1.165) is 51.4 Å². The number of hydrogen-bond donors (Lipinski definition) is 1. The van der Waals surface area contributed by atoms with E-state index < -0.39 is 11.6 Å². The molecule has 3 nitrogen and oxygen atoms in total. The first-order chi connectivity index (χ1) is 15.1. The van der Waals surface area contributed by atoms with Gasteiger partial charge < -0.3 is 4.74 Å². The molecule has 0 aliphatic rings. The van der Waals surface area contributed by atoms with Crippen LogP contribution in [0.15, 0.2) is 66.9 Å². The van der Waals surface area contributed by atoms with Crippen LogP contribution in [0.25, 0.3) is 22.0 Å². The number of H-pyrrole nitrogens is 1. The number of halogens is 2. The number of benzene rings is 3. The maximum absolute atomic E-state index is 14.0. The summed E-state index contributed by atoms with van der Waals surface area (Å²) in [6.45, 7) is 4.71. The van der Waals surface area contributed by atoms with Crippen LogP contribution in [-0.2, 0) is 0 Å². The van der Waals surface area contributed by atoms with Gasteiger partial charge in [-0.25, -0.2) is 8.78 Å². The molecule has 31 heavy (non-hydrogen) atoms. The Morgan fingerprint density at radius 2 is 1.58 bits per heavy atom. The van der Waals surface area contributed by atoms with Crippen LogP contribution < -0.4 is 4.74 Å². The van der Waals surface area contributed by atoms with E-state index in [1.165, 1.54) is 12.1 Å². The normalized spacial score (nSPS) is 12.1. The van der Waals surface area contributed by atoms with Crippen molar-refractivity contribution in [3.05, 3.63) is 95.2 Å². The zero-order chi connectivity index (χ0) is 21.8. The van der Waals surface area contributed by atoms with Gasteiger partial charge in [-0.3, -0.25) is 5.10 Å². The molecular weight excluding hydrogens is 394 g/mol. The summed E-state index contributed by atoms with van der Waals surface area (Å²) in [7, 11) is 0. The van der Waals surface area contributed by atoms with Crippen molar-refractivity contribution in [2.75, 3.05) is 6.61 Å². The second kappa shape index (κ2) is 9.13. The lowest BCUT2D eigenvalue weighted by atomic mass is 9.87. The molecule has 0 spiro atoms. The topological polar surface area (TPSA) is 37.9 Å².